The number of nitrogens with zero attached hydrogens (tertiary/aromatic N) is 2. The molecule has 1 N–H and O–H groups in total. The van der Waals surface area contributed by atoms with Crippen LogP contribution in [0.15, 0.2) is 22.6 Å². The molecule has 0 radical (unpaired) electrons. The predicted octanol–water partition coefficient (Wildman–Crippen LogP) is 3.83. The summed E-state index contributed by atoms with van der Waals surface area (Å²) >= 11 is 0. The highest BCUT2D eigenvalue weighted by atomic mass is 16.6. The third-order valence-electron chi connectivity index (χ3n) is 5.36. The van der Waals surface area contributed by atoms with Gasteiger partial charge in [-0.3, -0.25) is 10.1 Å². The standard InChI is InChI=1S/C15H19N3O3/c1-14(2)12(15(14,3)4)8-16-13-17-10-6-5-9(18(19)20)7-11(10)21-13/h5-7,12H,8H2,1-4H3,(H,16,17). The molecule has 1 aliphatic carbocycles. The summed E-state index contributed by atoms with van der Waals surface area (Å²) in [5.74, 6) is 0.550. The number of fused-ring (bicyclic) bond motifs is 1. The van der Waals surface area contributed by atoms with Crippen molar-refractivity contribution in [3.63, 3.8) is 0 Å². The van der Waals surface area contributed by atoms with Gasteiger partial charge in [-0.2, -0.15) is 4.98 Å². The summed E-state index contributed by atoms with van der Waals surface area (Å²) in [6, 6.07) is 4.86. The molecule has 21 heavy (non-hydrogen) atoms. The van der Waals surface area contributed by atoms with Gasteiger partial charge < -0.3 is 9.73 Å². The molecule has 0 spiro atoms. The van der Waals surface area contributed by atoms with Crippen LogP contribution in [0.3, 0.4) is 0 Å². The van der Waals surface area contributed by atoms with Gasteiger partial charge in [-0.15, -0.1) is 0 Å². The first-order chi connectivity index (χ1) is 9.73. The Morgan fingerprint density at radius 1 is 1.33 bits per heavy atom. The van der Waals surface area contributed by atoms with E-state index in [4.69, 9.17) is 4.42 Å². The van der Waals surface area contributed by atoms with E-state index in [1.165, 1.54) is 12.1 Å². The zero-order valence-corrected chi connectivity index (χ0v) is 12.6. The van der Waals surface area contributed by atoms with Gasteiger partial charge in [0.25, 0.3) is 11.7 Å². The molecule has 0 atom stereocenters. The first-order valence-corrected chi connectivity index (χ1v) is 7.02. The SMILES string of the molecule is CC1(C)C(CNc2nc3ccc([N+](=O)[O-])cc3o2)C1(C)C. The van der Waals surface area contributed by atoms with Gasteiger partial charge in [0.05, 0.1) is 11.0 Å². The van der Waals surface area contributed by atoms with Gasteiger partial charge in [-0.25, -0.2) is 0 Å². The molecule has 6 nitrogen and oxygen atoms in total. The number of anilines is 1. The highest BCUT2D eigenvalue weighted by molar-refractivity contribution is 5.77. The Kier molecular flexibility index (Phi) is 2.77. The number of oxazole rings is 1. The van der Waals surface area contributed by atoms with Gasteiger partial charge in [0.2, 0.25) is 0 Å². The lowest BCUT2D eigenvalue weighted by Crippen LogP contribution is -2.08. The summed E-state index contributed by atoms with van der Waals surface area (Å²) < 4.78 is 5.55. The van der Waals surface area contributed by atoms with Crippen molar-refractivity contribution in [3.8, 4) is 0 Å². The van der Waals surface area contributed by atoms with E-state index in [1.807, 2.05) is 0 Å². The highest BCUT2D eigenvalue weighted by Crippen LogP contribution is 2.68. The molecule has 3 rings (SSSR count). The van der Waals surface area contributed by atoms with Crippen molar-refractivity contribution >= 4 is 22.8 Å². The Balaban J connectivity index is 1.75. The summed E-state index contributed by atoms with van der Waals surface area (Å²) in [6.07, 6.45) is 0. The largest absolute Gasteiger partial charge is 0.423 e. The second kappa shape index (κ2) is 4.19. The van der Waals surface area contributed by atoms with Gasteiger partial charge in [0.15, 0.2) is 5.58 Å². The van der Waals surface area contributed by atoms with Crippen LogP contribution in [0, 0.1) is 26.9 Å². The summed E-state index contributed by atoms with van der Waals surface area (Å²) in [5.41, 5.74) is 1.66. The molecule has 1 aromatic heterocycles. The zero-order valence-electron chi connectivity index (χ0n) is 12.6. The van der Waals surface area contributed by atoms with Gasteiger partial charge in [-0.1, -0.05) is 27.7 Å². The lowest BCUT2D eigenvalue weighted by molar-refractivity contribution is -0.384. The molecule has 1 aliphatic rings. The van der Waals surface area contributed by atoms with E-state index >= 15 is 0 Å². The van der Waals surface area contributed by atoms with Gasteiger partial charge in [-0.05, 0) is 22.8 Å². The first-order valence-electron chi connectivity index (χ1n) is 7.02. The molecule has 112 valence electrons. The number of nitro benzene ring substituents is 1. The van der Waals surface area contributed by atoms with Crippen molar-refractivity contribution < 1.29 is 9.34 Å². The Morgan fingerprint density at radius 3 is 2.57 bits per heavy atom. The minimum absolute atomic E-state index is 0.00894. The van der Waals surface area contributed by atoms with E-state index in [-0.39, 0.29) is 5.69 Å². The minimum atomic E-state index is -0.440. The maximum absolute atomic E-state index is 10.7. The second-order valence-electron chi connectivity index (χ2n) is 6.81. The van der Waals surface area contributed by atoms with Crippen LogP contribution >= 0.6 is 0 Å². The second-order valence-corrected chi connectivity index (χ2v) is 6.81. The number of hydrogen-bond acceptors (Lipinski definition) is 5. The summed E-state index contributed by atoms with van der Waals surface area (Å²) in [7, 11) is 0. The normalized spacial score (nSPS) is 19.6. The van der Waals surface area contributed by atoms with Crippen molar-refractivity contribution in [1.29, 1.82) is 0 Å². The third-order valence-corrected chi connectivity index (χ3v) is 5.36. The monoisotopic (exact) mass is 289 g/mol. The van der Waals surface area contributed by atoms with E-state index in [1.54, 1.807) is 6.07 Å². The van der Waals surface area contributed by atoms with Crippen molar-refractivity contribution in [2.24, 2.45) is 16.7 Å². The Labute approximate surface area is 122 Å². The Hall–Kier alpha value is -2.11. The molecular formula is C15H19N3O3. The van der Waals surface area contributed by atoms with Crippen LogP contribution in [0.4, 0.5) is 11.7 Å². The fraction of sp³-hybridized carbons (Fsp3) is 0.533. The van der Waals surface area contributed by atoms with Crippen molar-refractivity contribution in [3.05, 3.63) is 28.3 Å². The summed E-state index contributed by atoms with van der Waals surface area (Å²) in [4.78, 5) is 14.6. The molecule has 0 bridgehead atoms. The van der Waals surface area contributed by atoms with Gasteiger partial charge in [0.1, 0.15) is 5.52 Å². The molecule has 0 amide bonds. The average molecular weight is 289 g/mol. The fourth-order valence-electron chi connectivity index (χ4n) is 3.14. The zero-order chi connectivity index (χ0) is 15.4. The number of non-ortho nitro benzene ring substituents is 1. The van der Waals surface area contributed by atoms with Gasteiger partial charge in [0, 0.05) is 12.6 Å². The van der Waals surface area contributed by atoms with E-state index in [9.17, 15) is 10.1 Å². The highest BCUT2D eigenvalue weighted by Gasteiger charge is 2.64. The molecule has 0 saturated heterocycles. The average Bonchev–Trinajstić information content (AvgIpc) is 2.73. The van der Waals surface area contributed by atoms with Crippen molar-refractivity contribution in [2.45, 2.75) is 27.7 Å². The van der Waals surface area contributed by atoms with Crippen LogP contribution < -0.4 is 5.32 Å². The molecular weight excluding hydrogens is 270 g/mol. The smallest absolute Gasteiger partial charge is 0.295 e. The lowest BCUT2D eigenvalue weighted by atomic mass is 10.0. The Bertz CT molecular complexity index is 704. The molecule has 2 aromatic rings. The van der Waals surface area contributed by atoms with Crippen LogP contribution in [-0.2, 0) is 0 Å². The molecule has 1 saturated carbocycles. The number of nitro groups is 1. The summed E-state index contributed by atoms with van der Waals surface area (Å²) in [5, 5.41) is 14.0. The van der Waals surface area contributed by atoms with Gasteiger partial charge >= 0.3 is 0 Å². The first kappa shape index (κ1) is 13.9. The number of aromatic nitrogens is 1. The number of nitrogens with one attached hydrogen (secondary N) is 1. The number of rotatable bonds is 4. The number of benzene rings is 1. The molecule has 1 heterocycles. The topological polar surface area (TPSA) is 81.2 Å². The van der Waals surface area contributed by atoms with E-state index < -0.39 is 4.92 Å². The van der Waals surface area contributed by atoms with Crippen LogP contribution in [0.5, 0.6) is 0 Å². The van der Waals surface area contributed by atoms with Crippen LogP contribution in [0.25, 0.3) is 11.1 Å². The number of hydrogen-bond donors (Lipinski definition) is 1. The van der Waals surface area contributed by atoms with E-state index in [2.05, 4.69) is 38.0 Å². The maximum Gasteiger partial charge on any atom is 0.295 e. The third kappa shape index (κ3) is 2.05. The molecule has 6 heteroatoms. The predicted molar refractivity (Wildman–Crippen MR) is 80.2 cm³/mol. The van der Waals surface area contributed by atoms with Crippen molar-refractivity contribution in [2.75, 3.05) is 11.9 Å². The quantitative estimate of drug-likeness (QED) is 0.683. The van der Waals surface area contributed by atoms with E-state index in [0.717, 1.165) is 6.54 Å². The van der Waals surface area contributed by atoms with Crippen LogP contribution in [0.1, 0.15) is 27.7 Å². The molecule has 1 aromatic carbocycles. The van der Waals surface area contributed by atoms with Crippen molar-refractivity contribution in [1.82, 2.24) is 4.98 Å². The lowest BCUT2D eigenvalue weighted by Gasteiger charge is -2.04. The van der Waals surface area contributed by atoms with Crippen LogP contribution in [-0.4, -0.2) is 16.5 Å². The molecule has 0 aliphatic heterocycles. The molecule has 0 unspecified atom stereocenters. The summed E-state index contributed by atoms with van der Waals surface area (Å²) in [6.45, 7) is 9.82. The molecule has 1 fully saturated rings. The van der Waals surface area contributed by atoms with Crippen LogP contribution in [0.2, 0.25) is 0 Å². The fourth-order valence-corrected chi connectivity index (χ4v) is 3.14. The van der Waals surface area contributed by atoms with E-state index in [0.29, 0.717) is 33.9 Å². The maximum atomic E-state index is 10.7. The minimum Gasteiger partial charge on any atom is -0.423 e. The Morgan fingerprint density at radius 2 is 2.00 bits per heavy atom.